The van der Waals surface area contributed by atoms with Crippen LogP contribution in [0.5, 0.6) is 5.75 Å². The van der Waals surface area contributed by atoms with Crippen LogP contribution in [-0.2, 0) is 12.8 Å². The Morgan fingerprint density at radius 1 is 1.30 bits per heavy atom. The predicted octanol–water partition coefficient (Wildman–Crippen LogP) is 3.97. The van der Waals surface area contributed by atoms with Crippen LogP contribution in [0.25, 0.3) is 0 Å². The van der Waals surface area contributed by atoms with E-state index in [1.807, 2.05) is 37.3 Å². The molecule has 0 amide bonds. The molecule has 0 aliphatic carbocycles. The van der Waals surface area contributed by atoms with Crippen LogP contribution in [0.4, 0.5) is 0 Å². The van der Waals surface area contributed by atoms with E-state index in [1.54, 1.807) is 0 Å². The van der Waals surface area contributed by atoms with Crippen molar-refractivity contribution < 1.29 is 9.84 Å². The van der Waals surface area contributed by atoms with Gasteiger partial charge in [0.25, 0.3) is 0 Å². The smallest absolute Gasteiger partial charge is 0.125 e. The highest BCUT2D eigenvalue weighted by molar-refractivity contribution is 9.10. The molecule has 0 saturated heterocycles. The molecule has 0 aromatic heterocycles. The van der Waals surface area contributed by atoms with Crippen LogP contribution in [0.2, 0.25) is 0 Å². The minimum atomic E-state index is -0.501. The van der Waals surface area contributed by atoms with Crippen molar-refractivity contribution in [2.75, 3.05) is 6.61 Å². The number of hydrogen-bond donors (Lipinski definition) is 1. The van der Waals surface area contributed by atoms with E-state index in [1.165, 1.54) is 5.56 Å². The lowest BCUT2D eigenvalue weighted by molar-refractivity contribution is 0.176. The van der Waals surface area contributed by atoms with Crippen molar-refractivity contribution in [2.24, 2.45) is 0 Å². The van der Waals surface area contributed by atoms with Gasteiger partial charge in [0, 0.05) is 17.3 Å². The summed E-state index contributed by atoms with van der Waals surface area (Å²) in [5.74, 6) is 0.959. The van der Waals surface area contributed by atoms with Gasteiger partial charge in [-0.1, -0.05) is 40.2 Å². The quantitative estimate of drug-likeness (QED) is 0.921. The van der Waals surface area contributed by atoms with Gasteiger partial charge >= 0.3 is 0 Å². The first kappa shape index (κ1) is 13.7. The van der Waals surface area contributed by atoms with Crippen LogP contribution in [0.15, 0.2) is 40.9 Å². The van der Waals surface area contributed by atoms with Crippen molar-refractivity contribution >= 4 is 15.9 Å². The molecule has 2 aromatic carbocycles. The molecule has 1 heterocycles. The highest BCUT2D eigenvalue weighted by Crippen LogP contribution is 2.35. The van der Waals surface area contributed by atoms with Gasteiger partial charge in [0.2, 0.25) is 0 Å². The fraction of sp³-hybridized carbons (Fsp3) is 0.294. The lowest BCUT2D eigenvalue weighted by atomic mass is 9.96. The summed E-state index contributed by atoms with van der Waals surface area (Å²) in [5, 5.41) is 10.5. The van der Waals surface area contributed by atoms with Crippen LogP contribution in [0, 0.1) is 6.92 Å². The Kier molecular flexibility index (Phi) is 3.81. The summed E-state index contributed by atoms with van der Waals surface area (Å²) in [6, 6.07) is 12.1. The highest BCUT2D eigenvalue weighted by Gasteiger charge is 2.20. The van der Waals surface area contributed by atoms with Gasteiger partial charge in [-0.05, 0) is 41.3 Å². The molecule has 1 N–H and O–H groups in total. The second-order valence-electron chi connectivity index (χ2n) is 5.23. The number of aryl methyl sites for hydroxylation is 1. The Labute approximate surface area is 127 Å². The van der Waals surface area contributed by atoms with Crippen molar-refractivity contribution in [3.63, 3.8) is 0 Å². The number of benzene rings is 2. The third-order valence-electron chi connectivity index (χ3n) is 3.79. The third kappa shape index (κ3) is 2.60. The number of fused-ring (bicyclic) bond motifs is 1. The lowest BCUT2D eigenvalue weighted by Crippen LogP contribution is -2.05. The lowest BCUT2D eigenvalue weighted by Gasteiger charge is -2.16. The zero-order valence-electron chi connectivity index (χ0n) is 11.4. The van der Waals surface area contributed by atoms with Crippen molar-refractivity contribution in [3.8, 4) is 5.75 Å². The van der Waals surface area contributed by atoms with Gasteiger partial charge in [-0.2, -0.15) is 0 Å². The molecule has 1 atom stereocenters. The monoisotopic (exact) mass is 332 g/mol. The predicted molar refractivity (Wildman–Crippen MR) is 83.2 cm³/mol. The molecule has 0 saturated carbocycles. The molecule has 3 rings (SSSR count). The van der Waals surface area contributed by atoms with Gasteiger partial charge in [0.05, 0.1) is 12.7 Å². The molecule has 3 heteroatoms. The Balaban J connectivity index is 1.90. The van der Waals surface area contributed by atoms with Gasteiger partial charge in [-0.3, -0.25) is 0 Å². The van der Waals surface area contributed by atoms with Crippen LogP contribution < -0.4 is 4.74 Å². The second kappa shape index (κ2) is 5.58. The first-order valence-electron chi connectivity index (χ1n) is 6.83. The van der Waals surface area contributed by atoms with Gasteiger partial charge in [0.1, 0.15) is 5.75 Å². The van der Waals surface area contributed by atoms with Gasteiger partial charge in [0.15, 0.2) is 0 Å². The van der Waals surface area contributed by atoms with E-state index in [9.17, 15) is 5.11 Å². The fourth-order valence-corrected chi connectivity index (χ4v) is 3.33. The van der Waals surface area contributed by atoms with Gasteiger partial charge in [-0.15, -0.1) is 0 Å². The SMILES string of the molecule is Cc1ccccc1C(O)Cc1cc(Br)cc2c1OCC2. The number of hydrogen-bond acceptors (Lipinski definition) is 2. The molecule has 0 bridgehead atoms. The zero-order valence-corrected chi connectivity index (χ0v) is 13.0. The Morgan fingerprint density at radius 3 is 2.90 bits per heavy atom. The van der Waals surface area contributed by atoms with Crippen LogP contribution in [-0.4, -0.2) is 11.7 Å². The van der Waals surface area contributed by atoms with E-state index in [-0.39, 0.29) is 0 Å². The maximum Gasteiger partial charge on any atom is 0.125 e. The molecular weight excluding hydrogens is 316 g/mol. The molecule has 0 fully saturated rings. The molecule has 1 aliphatic rings. The molecule has 1 aliphatic heterocycles. The van der Waals surface area contributed by atoms with E-state index in [0.717, 1.165) is 39.9 Å². The topological polar surface area (TPSA) is 29.5 Å². The normalized spacial score (nSPS) is 14.8. The standard InChI is InChI=1S/C17H17BrO2/c1-11-4-2-3-5-15(11)16(19)10-13-9-14(18)8-12-6-7-20-17(12)13/h2-5,8-9,16,19H,6-7,10H2,1H3. The van der Waals surface area contributed by atoms with Crippen LogP contribution >= 0.6 is 15.9 Å². The summed E-state index contributed by atoms with van der Waals surface area (Å²) >= 11 is 3.54. The van der Waals surface area contributed by atoms with Crippen LogP contribution in [0.3, 0.4) is 0 Å². The Morgan fingerprint density at radius 2 is 2.10 bits per heavy atom. The number of aliphatic hydroxyl groups is 1. The summed E-state index contributed by atoms with van der Waals surface area (Å²) in [6.45, 7) is 2.76. The Bertz CT molecular complexity index is 637. The summed E-state index contributed by atoms with van der Waals surface area (Å²) in [7, 11) is 0. The molecular formula is C17H17BrO2. The first-order chi connectivity index (χ1) is 9.65. The summed E-state index contributed by atoms with van der Waals surface area (Å²) in [4.78, 5) is 0. The first-order valence-corrected chi connectivity index (χ1v) is 7.62. The van der Waals surface area contributed by atoms with Crippen molar-refractivity contribution in [2.45, 2.75) is 25.9 Å². The third-order valence-corrected chi connectivity index (χ3v) is 4.24. The van der Waals surface area contributed by atoms with Crippen LogP contribution in [0.1, 0.15) is 28.4 Å². The summed E-state index contributed by atoms with van der Waals surface area (Å²) in [5.41, 5.74) is 4.40. The number of rotatable bonds is 3. The Hall–Kier alpha value is -1.32. The van der Waals surface area contributed by atoms with E-state index in [2.05, 4.69) is 22.0 Å². The molecule has 2 nitrogen and oxygen atoms in total. The average Bonchev–Trinajstić information content (AvgIpc) is 2.87. The maximum atomic E-state index is 10.5. The maximum absolute atomic E-state index is 10.5. The fourth-order valence-electron chi connectivity index (χ4n) is 2.78. The molecule has 20 heavy (non-hydrogen) atoms. The van der Waals surface area contributed by atoms with E-state index < -0.39 is 6.10 Å². The van der Waals surface area contributed by atoms with Crippen molar-refractivity contribution in [3.05, 3.63) is 63.1 Å². The minimum absolute atomic E-state index is 0.501. The molecule has 104 valence electrons. The van der Waals surface area contributed by atoms with Gasteiger partial charge < -0.3 is 9.84 Å². The van der Waals surface area contributed by atoms with Crippen molar-refractivity contribution in [1.82, 2.24) is 0 Å². The number of halogens is 1. The van der Waals surface area contributed by atoms with E-state index in [4.69, 9.17) is 4.74 Å². The second-order valence-corrected chi connectivity index (χ2v) is 6.14. The summed E-state index contributed by atoms with van der Waals surface area (Å²) in [6.07, 6.45) is 1.02. The largest absolute Gasteiger partial charge is 0.493 e. The van der Waals surface area contributed by atoms with E-state index >= 15 is 0 Å². The molecule has 2 aromatic rings. The highest BCUT2D eigenvalue weighted by atomic mass is 79.9. The molecule has 0 radical (unpaired) electrons. The van der Waals surface area contributed by atoms with Crippen molar-refractivity contribution in [1.29, 1.82) is 0 Å². The van der Waals surface area contributed by atoms with E-state index in [0.29, 0.717) is 6.42 Å². The molecule has 0 spiro atoms. The number of aliphatic hydroxyl groups excluding tert-OH is 1. The minimum Gasteiger partial charge on any atom is -0.493 e. The zero-order chi connectivity index (χ0) is 14.1. The molecule has 1 unspecified atom stereocenters. The summed E-state index contributed by atoms with van der Waals surface area (Å²) < 4.78 is 6.77. The van der Waals surface area contributed by atoms with Gasteiger partial charge in [-0.25, -0.2) is 0 Å². The average molecular weight is 333 g/mol. The number of ether oxygens (including phenoxy) is 1.